The van der Waals surface area contributed by atoms with Gasteiger partial charge in [-0.2, -0.15) is 13.2 Å². The van der Waals surface area contributed by atoms with Crippen LogP contribution in [0.1, 0.15) is 12.5 Å². The first-order valence-corrected chi connectivity index (χ1v) is 10.4. The van der Waals surface area contributed by atoms with Gasteiger partial charge in [-0.05, 0) is 20.0 Å². The summed E-state index contributed by atoms with van der Waals surface area (Å²) in [5.74, 6) is 1.69. The normalized spacial score (nSPS) is 21.1. The van der Waals surface area contributed by atoms with E-state index in [0.717, 1.165) is 37.6 Å². The maximum absolute atomic E-state index is 13.0. The molecule has 168 valence electrons. The minimum Gasteiger partial charge on any atom is -0.354 e. The Kier molecular flexibility index (Phi) is 7.41. The van der Waals surface area contributed by atoms with Gasteiger partial charge in [-0.3, -0.25) is 9.89 Å². The number of nitrogens with zero attached hydrogens (tertiary/aromatic N) is 6. The van der Waals surface area contributed by atoms with Crippen molar-refractivity contribution in [1.29, 1.82) is 0 Å². The third-order valence-electron chi connectivity index (χ3n) is 5.95. The lowest BCUT2D eigenvalue weighted by molar-refractivity contribution is -0.181. The van der Waals surface area contributed by atoms with Gasteiger partial charge in [-0.25, -0.2) is 4.98 Å². The Morgan fingerprint density at radius 3 is 2.40 bits per heavy atom. The van der Waals surface area contributed by atoms with E-state index in [2.05, 4.69) is 38.2 Å². The standard InChI is InChI=1S/C20H32F3N7/c1-16(20(21,22)23)28-11-13-30(14-12-28)19(24-2)26-15-17-5-4-6-25-18(17)29-9-7-27(3)8-10-29/h4-6,16H,7-15H2,1-3H3,(H,24,26). The van der Waals surface area contributed by atoms with Crippen molar-refractivity contribution in [3.8, 4) is 0 Å². The predicted molar refractivity (Wildman–Crippen MR) is 113 cm³/mol. The van der Waals surface area contributed by atoms with Crippen LogP contribution < -0.4 is 10.2 Å². The van der Waals surface area contributed by atoms with Gasteiger partial charge in [0.1, 0.15) is 11.9 Å². The van der Waals surface area contributed by atoms with Crippen LogP contribution in [-0.2, 0) is 6.54 Å². The Morgan fingerprint density at radius 2 is 1.80 bits per heavy atom. The number of nitrogens with one attached hydrogen (secondary N) is 1. The zero-order valence-corrected chi connectivity index (χ0v) is 18.0. The van der Waals surface area contributed by atoms with E-state index in [0.29, 0.717) is 38.7 Å². The van der Waals surface area contributed by atoms with Gasteiger partial charge in [0.25, 0.3) is 0 Å². The van der Waals surface area contributed by atoms with Crippen LogP contribution in [0.3, 0.4) is 0 Å². The monoisotopic (exact) mass is 427 g/mol. The molecule has 1 unspecified atom stereocenters. The summed E-state index contributed by atoms with van der Waals surface area (Å²) >= 11 is 0. The van der Waals surface area contributed by atoms with Crippen molar-refractivity contribution in [2.24, 2.45) is 4.99 Å². The third kappa shape index (κ3) is 5.54. The van der Waals surface area contributed by atoms with E-state index in [4.69, 9.17) is 0 Å². The summed E-state index contributed by atoms with van der Waals surface area (Å²) in [5.41, 5.74) is 1.09. The Balaban J connectivity index is 1.57. The van der Waals surface area contributed by atoms with Crippen molar-refractivity contribution in [3.05, 3.63) is 23.9 Å². The average molecular weight is 428 g/mol. The zero-order chi connectivity index (χ0) is 21.7. The Morgan fingerprint density at radius 1 is 1.13 bits per heavy atom. The first kappa shape index (κ1) is 22.6. The fourth-order valence-electron chi connectivity index (χ4n) is 3.91. The Labute approximate surface area is 176 Å². The second-order valence-electron chi connectivity index (χ2n) is 7.92. The number of halogens is 3. The summed E-state index contributed by atoms with van der Waals surface area (Å²) in [5, 5.41) is 3.38. The molecule has 2 fully saturated rings. The van der Waals surface area contributed by atoms with E-state index < -0.39 is 12.2 Å². The fourth-order valence-corrected chi connectivity index (χ4v) is 3.91. The number of pyridine rings is 1. The first-order valence-electron chi connectivity index (χ1n) is 10.4. The molecule has 30 heavy (non-hydrogen) atoms. The molecule has 1 aromatic heterocycles. The molecule has 0 aromatic carbocycles. The van der Waals surface area contributed by atoms with Crippen LogP contribution >= 0.6 is 0 Å². The average Bonchev–Trinajstić information content (AvgIpc) is 2.74. The maximum Gasteiger partial charge on any atom is 0.403 e. The number of guanidine groups is 1. The van der Waals surface area contributed by atoms with E-state index in [-0.39, 0.29) is 0 Å². The largest absolute Gasteiger partial charge is 0.403 e. The molecule has 2 saturated heterocycles. The second kappa shape index (κ2) is 9.82. The van der Waals surface area contributed by atoms with E-state index in [1.165, 1.54) is 11.8 Å². The molecular formula is C20H32F3N7. The van der Waals surface area contributed by atoms with Crippen LogP contribution in [0.5, 0.6) is 0 Å². The number of rotatable bonds is 4. The number of hydrogen-bond donors (Lipinski definition) is 1. The first-order chi connectivity index (χ1) is 14.3. The quantitative estimate of drug-likeness (QED) is 0.580. The van der Waals surface area contributed by atoms with Gasteiger partial charge in [0.15, 0.2) is 5.96 Å². The van der Waals surface area contributed by atoms with Gasteiger partial charge in [0.05, 0.1) is 0 Å². The molecule has 3 heterocycles. The van der Waals surface area contributed by atoms with E-state index in [1.54, 1.807) is 7.05 Å². The minimum absolute atomic E-state index is 0.362. The van der Waals surface area contributed by atoms with E-state index >= 15 is 0 Å². The second-order valence-corrected chi connectivity index (χ2v) is 7.92. The van der Waals surface area contributed by atoms with E-state index in [1.807, 2.05) is 17.2 Å². The van der Waals surface area contributed by atoms with Crippen LogP contribution in [0.2, 0.25) is 0 Å². The lowest BCUT2D eigenvalue weighted by Crippen LogP contribution is -2.56. The number of anilines is 1. The minimum atomic E-state index is -4.19. The van der Waals surface area contributed by atoms with Crippen molar-refractivity contribution in [2.75, 3.05) is 71.4 Å². The van der Waals surface area contributed by atoms with Crippen molar-refractivity contribution in [3.63, 3.8) is 0 Å². The molecule has 10 heteroatoms. The fraction of sp³-hybridized carbons (Fsp3) is 0.700. The molecule has 0 spiro atoms. The topological polar surface area (TPSA) is 50.2 Å². The highest BCUT2D eigenvalue weighted by molar-refractivity contribution is 5.80. The number of alkyl halides is 3. The van der Waals surface area contributed by atoms with Crippen molar-refractivity contribution in [1.82, 2.24) is 25.0 Å². The molecule has 7 nitrogen and oxygen atoms in total. The van der Waals surface area contributed by atoms with Gasteiger partial charge in [-0.1, -0.05) is 6.07 Å². The number of likely N-dealkylation sites (N-methyl/N-ethyl adjacent to an activating group) is 1. The zero-order valence-electron chi connectivity index (χ0n) is 18.0. The molecule has 1 atom stereocenters. The van der Waals surface area contributed by atoms with Gasteiger partial charge in [-0.15, -0.1) is 0 Å². The highest BCUT2D eigenvalue weighted by atomic mass is 19.4. The summed E-state index contributed by atoms with van der Waals surface area (Å²) in [7, 11) is 3.83. The lowest BCUT2D eigenvalue weighted by atomic mass is 10.2. The summed E-state index contributed by atoms with van der Waals surface area (Å²) in [4.78, 5) is 17.1. The summed E-state index contributed by atoms with van der Waals surface area (Å²) in [6.07, 6.45) is -2.38. The number of aromatic nitrogens is 1. The molecule has 0 bridgehead atoms. The summed E-state index contributed by atoms with van der Waals surface area (Å²) in [6, 6.07) is 2.57. The number of piperazine rings is 2. The molecule has 1 aromatic rings. The lowest BCUT2D eigenvalue weighted by Gasteiger charge is -2.39. The SMILES string of the molecule is CN=C(NCc1cccnc1N1CCN(C)CC1)N1CCN(C(C)C(F)(F)F)CC1. The predicted octanol–water partition coefficient (Wildman–Crippen LogP) is 1.48. The number of hydrogen-bond acceptors (Lipinski definition) is 5. The summed E-state index contributed by atoms with van der Waals surface area (Å²) < 4.78 is 38.9. The molecule has 0 saturated carbocycles. The third-order valence-corrected chi connectivity index (χ3v) is 5.95. The van der Waals surface area contributed by atoms with Gasteiger partial charge in [0.2, 0.25) is 0 Å². The van der Waals surface area contributed by atoms with Gasteiger partial charge < -0.3 is 20.0 Å². The molecule has 1 N–H and O–H groups in total. The molecule has 0 radical (unpaired) electrons. The molecular weight excluding hydrogens is 395 g/mol. The Hall–Kier alpha value is -2.07. The molecule has 0 amide bonds. The highest BCUT2D eigenvalue weighted by Gasteiger charge is 2.41. The van der Waals surface area contributed by atoms with E-state index in [9.17, 15) is 13.2 Å². The summed E-state index contributed by atoms with van der Waals surface area (Å²) in [6.45, 7) is 7.44. The smallest absolute Gasteiger partial charge is 0.354 e. The van der Waals surface area contributed by atoms with Crippen molar-refractivity contribution in [2.45, 2.75) is 25.7 Å². The van der Waals surface area contributed by atoms with Crippen molar-refractivity contribution < 1.29 is 13.2 Å². The van der Waals surface area contributed by atoms with Crippen LogP contribution in [0.4, 0.5) is 19.0 Å². The Bertz CT molecular complexity index is 709. The van der Waals surface area contributed by atoms with Crippen LogP contribution in [0.25, 0.3) is 0 Å². The molecule has 3 rings (SSSR count). The van der Waals surface area contributed by atoms with Crippen LogP contribution in [0, 0.1) is 0 Å². The molecule has 2 aliphatic heterocycles. The van der Waals surface area contributed by atoms with Gasteiger partial charge >= 0.3 is 6.18 Å². The molecule has 0 aliphatic carbocycles. The highest BCUT2D eigenvalue weighted by Crippen LogP contribution is 2.25. The molecule has 2 aliphatic rings. The maximum atomic E-state index is 13.0. The van der Waals surface area contributed by atoms with Crippen LogP contribution in [-0.4, -0.2) is 104 Å². The van der Waals surface area contributed by atoms with Crippen LogP contribution in [0.15, 0.2) is 23.3 Å². The van der Waals surface area contributed by atoms with Crippen molar-refractivity contribution >= 4 is 11.8 Å². The van der Waals surface area contributed by atoms with Gasteiger partial charge in [0, 0.05) is 77.7 Å². The number of aliphatic imine (C=N–C) groups is 1.